The predicted molar refractivity (Wildman–Crippen MR) is 85.9 cm³/mol. The van der Waals surface area contributed by atoms with Gasteiger partial charge in [0, 0.05) is 9.86 Å². The maximum Gasteiger partial charge on any atom is 0.339 e. The van der Waals surface area contributed by atoms with Gasteiger partial charge in [-0.3, -0.25) is 0 Å². The van der Waals surface area contributed by atoms with Crippen molar-refractivity contribution in [2.75, 3.05) is 6.61 Å². The van der Waals surface area contributed by atoms with Crippen LogP contribution in [0.1, 0.15) is 6.92 Å². The van der Waals surface area contributed by atoms with Crippen molar-refractivity contribution in [2.24, 2.45) is 0 Å². The van der Waals surface area contributed by atoms with Crippen LogP contribution >= 0.6 is 43.5 Å². The number of aliphatic carboxylic acids is 1. The molecule has 112 valence electrons. The summed E-state index contributed by atoms with van der Waals surface area (Å²) in [5.41, 5.74) is -1.54. The Bertz CT molecular complexity index is 721. The fourth-order valence-electron chi connectivity index (χ4n) is 1.58. The molecule has 0 amide bonds. The number of aliphatic hydroxyl groups is 1. The summed E-state index contributed by atoms with van der Waals surface area (Å²) >= 11 is 12.6. The SMILES string of the molecule is CC(O)(COc1c(Br)cc(Br)c2ccc(Cl)nc12)C(=O)O. The van der Waals surface area contributed by atoms with Crippen molar-refractivity contribution < 1.29 is 19.7 Å². The number of carboxylic acids is 1. The predicted octanol–water partition coefficient (Wildman–Crippen LogP) is 3.63. The molecule has 0 saturated carbocycles. The molecule has 1 aromatic carbocycles. The molecule has 8 heteroatoms. The van der Waals surface area contributed by atoms with E-state index in [-0.39, 0.29) is 5.15 Å². The van der Waals surface area contributed by atoms with E-state index in [0.717, 1.165) is 16.8 Å². The Balaban J connectivity index is 2.48. The first-order valence-electron chi connectivity index (χ1n) is 5.75. The molecule has 1 unspecified atom stereocenters. The number of halogens is 3. The third-order valence-corrected chi connectivity index (χ3v) is 4.22. The van der Waals surface area contributed by atoms with Crippen LogP contribution in [0, 0.1) is 0 Å². The van der Waals surface area contributed by atoms with Gasteiger partial charge in [0.1, 0.15) is 17.3 Å². The minimum absolute atomic E-state index is 0.280. The van der Waals surface area contributed by atoms with Crippen molar-refractivity contribution in [1.29, 1.82) is 0 Å². The van der Waals surface area contributed by atoms with E-state index in [2.05, 4.69) is 36.8 Å². The molecular weight excluding hydrogens is 429 g/mol. The Labute approximate surface area is 142 Å². The zero-order valence-corrected chi connectivity index (χ0v) is 14.7. The maximum atomic E-state index is 10.9. The molecule has 1 heterocycles. The third kappa shape index (κ3) is 3.48. The number of carboxylic acid groups (broad SMARTS) is 1. The van der Waals surface area contributed by atoms with Gasteiger partial charge in [-0.15, -0.1) is 0 Å². The summed E-state index contributed by atoms with van der Waals surface area (Å²) in [7, 11) is 0. The molecule has 2 N–H and O–H groups in total. The van der Waals surface area contributed by atoms with Gasteiger partial charge in [0.05, 0.1) is 4.47 Å². The second kappa shape index (κ2) is 6.08. The van der Waals surface area contributed by atoms with Crippen molar-refractivity contribution in [3.63, 3.8) is 0 Å². The molecule has 2 rings (SSSR count). The fourth-order valence-corrected chi connectivity index (χ4v) is 3.12. The van der Waals surface area contributed by atoms with Crippen molar-refractivity contribution in [3.8, 4) is 5.75 Å². The number of hydrogen-bond acceptors (Lipinski definition) is 4. The molecule has 2 aromatic rings. The average molecular weight is 439 g/mol. The minimum Gasteiger partial charge on any atom is -0.486 e. The lowest BCUT2D eigenvalue weighted by Crippen LogP contribution is -2.41. The molecule has 0 aliphatic carbocycles. The summed E-state index contributed by atoms with van der Waals surface area (Å²) in [5.74, 6) is -1.05. The molecular formula is C13H10Br2ClNO4. The molecule has 5 nitrogen and oxygen atoms in total. The van der Waals surface area contributed by atoms with Gasteiger partial charge < -0.3 is 14.9 Å². The Morgan fingerprint density at radius 1 is 1.43 bits per heavy atom. The Kier molecular flexibility index (Phi) is 4.77. The van der Waals surface area contributed by atoms with E-state index in [9.17, 15) is 9.90 Å². The number of rotatable bonds is 4. The normalized spacial score (nSPS) is 14.0. The van der Waals surface area contributed by atoms with Crippen LogP contribution < -0.4 is 4.74 Å². The summed E-state index contributed by atoms with van der Waals surface area (Å²) < 4.78 is 6.82. The largest absolute Gasteiger partial charge is 0.486 e. The zero-order chi connectivity index (χ0) is 15.8. The van der Waals surface area contributed by atoms with Crippen molar-refractivity contribution >= 4 is 60.3 Å². The van der Waals surface area contributed by atoms with Crippen LogP contribution in [0.15, 0.2) is 27.1 Å². The highest BCUT2D eigenvalue weighted by Gasteiger charge is 2.31. The average Bonchev–Trinajstić information content (AvgIpc) is 2.37. The van der Waals surface area contributed by atoms with Crippen molar-refractivity contribution in [1.82, 2.24) is 4.98 Å². The molecule has 0 aliphatic heterocycles. The van der Waals surface area contributed by atoms with Gasteiger partial charge in [0.15, 0.2) is 11.4 Å². The van der Waals surface area contributed by atoms with Gasteiger partial charge in [-0.2, -0.15) is 0 Å². The smallest absolute Gasteiger partial charge is 0.339 e. The number of aromatic nitrogens is 1. The van der Waals surface area contributed by atoms with Gasteiger partial charge in [-0.1, -0.05) is 27.5 Å². The topological polar surface area (TPSA) is 79.7 Å². The summed E-state index contributed by atoms with van der Waals surface area (Å²) in [4.78, 5) is 15.1. The van der Waals surface area contributed by atoms with Gasteiger partial charge in [0.25, 0.3) is 0 Å². The lowest BCUT2D eigenvalue weighted by molar-refractivity contribution is -0.159. The van der Waals surface area contributed by atoms with Crippen LogP contribution in [-0.4, -0.2) is 33.4 Å². The number of ether oxygens (including phenoxy) is 1. The number of hydrogen-bond donors (Lipinski definition) is 2. The second-order valence-electron chi connectivity index (χ2n) is 4.57. The standard InChI is InChI=1S/C13H10Br2ClNO4/c1-13(20,12(18)19)5-21-11-8(15)4-7(14)6-2-3-9(16)17-10(6)11/h2-4,20H,5H2,1H3,(H,18,19). The molecule has 0 bridgehead atoms. The first-order chi connectivity index (χ1) is 9.72. The van der Waals surface area contributed by atoms with Crippen LogP contribution in [0.4, 0.5) is 0 Å². The van der Waals surface area contributed by atoms with Gasteiger partial charge in [-0.25, -0.2) is 9.78 Å². The molecule has 1 aromatic heterocycles. The third-order valence-electron chi connectivity index (χ3n) is 2.76. The van der Waals surface area contributed by atoms with Crippen LogP contribution in [-0.2, 0) is 4.79 Å². The van der Waals surface area contributed by atoms with Crippen LogP contribution in [0.3, 0.4) is 0 Å². The molecule has 0 radical (unpaired) electrons. The van der Waals surface area contributed by atoms with Crippen molar-refractivity contribution in [3.05, 3.63) is 32.3 Å². The van der Waals surface area contributed by atoms with E-state index < -0.39 is 18.2 Å². The highest BCUT2D eigenvalue weighted by molar-refractivity contribution is 9.11. The number of benzene rings is 1. The van der Waals surface area contributed by atoms with E-state index in [1.54, 1.807) is 18.2 Å². The molecule has 0 saturated heterocycles. The molecule has 21 heavy (non-hydrogen) atoms. The number of nitrogens with zero attached hydrogens (tertiary/aromatic N) is 1. The lowest BCUT2D eigenvalue weighted by Gasteiger charge is -2.20. The fraction of sp³-hybridized carbons (Fsp3) is 0.231. The Hall–Kier alpha value is -0.890. The quantitative estimate of drug-likeness (QED) is 0.712. The number of carbonyl (C=O) groups is 1. The highest BCUT2D eigenvalue weighted by atomic mass is 79.9. The van der Waals surface area contributed by atoms with Gasteiger partial charge in [0.2, 0.25) is 0 Å². The Morgan fingerprint density at radius 3 is 2.71 bits per heavy atom. The summed E-state index contributed by atoms with van der Waals surface area (Å²) in [5, 5.41) is 19.7. The van der Waals surface area contributed by atoms with Gasteiger partial charge in [-0.05, 0) is 41.1 Å². The summed E-state index contributed by atoms with van der Waals surface area (Å²) in [6.07, 6.45) is 0. The first-order valence-corrected chi connectivity index (χ1v) is 7.71. The molecule has 0 aliphatic rings. The summed E-state index contributed by atoms with van der Waals surface area (Å²) in [6.45, 7) is 0.733. The summed E-state index contributed by atoms with van der Waals surface area (Å²) in [6, 6.07) is 5.16. The van der Waals surface area contributed by atoms with E-state index >= 15 is 0 Å². The first kappa shape index (κ1) is 16.5. The molecule has 0 spiro atoms. The van der Waals surface area contributed by atoms with E-state index in [1.165, 1.54) is 0 Å². The lowest BCUT2D eigenvalue weighted by atomic mass is 10.1. The number of fused-ring (bicyclic) bond motifs is 1. The second-order valence-corrected chi connectivity index (χ2v) is 6.66. The van der Waals surface area contributed by atoms with Crippen LogP contribution in [0.2, 0.25) is 5.15 Å². The van der Waals surface area contributed by atoms with E-state index in [4.69, 9.17) is 21.4 Å². The van der Waals surface area contributed by atoms with Gasteiger partial charge >= 0.3 is 5.97 Å². The monoisotopic (exact) mass is 437 g/mol. The Morgan fingerprint density at radius 2 is 2.10 bits per heavy atom. The zero-order valence-electron chi connectivity index (χ0n) is 10.7. The van der Waals surface area contributed by atoms with E-state index in [1.807, 2.05) is 0 Å². The molecule has 0 fully saturated rings. The van der Waals surface area contributed by atoms with Crippen LogP contribution in [0.25, 0.3) is 10.9 Å². The number of pyridine rings is 1. The maximum absolute atomic E-state index is 10.9. The van der Waals surface area contributed by atoms with Crippen molar-refractivity contribution in [2.45, 2.75) is 12.5 Å². The highest BCUT2D eigenvalue weighted by Crippen LogP contribution is 2.38. The van der Waals surface area contributed by atoms with E-state index in [0.29, 0.717) is 15.7 Å². The molecule has 1 atom stereocenters. The van der Waals surface area contributed by atoms with Crippen LogP contribution in [0.5, 0.6) is 5.75 Å². The minimum atomic E-state index is -2.00.